The molecule has 2 N–H and O–H groups in total. The van der Waals surface area contributed by atoms with Crippen LogP contribution >= 0.6 is 23.2 Å². The molecule has 0 amide bonds. The van der Waals surface area contributed by atoms with Crippen LogP contribution in [0.25, 0.3) is 0 Å². The summed E-state index contributed by atoms with van der Waals surface area (Å²) in [5.41, 5.74) is 0. The Labute approximate surface area is 74.7 Å². The molecule has 1 aromatic heterocycles. The minimum Gasteiger partial charge on any atom is -0.298 e. The fourth-order valence-electron chi connectivity index (χ4n) is 0.633. The minimum atomic E-state index is 0.338. The van der Waals surface area contributed by atoms with Gasteiger partial charge in [-0.3, -0.25) is 5.01 Å². The Kier molecular flexibility index (Phi) is 2.54. The lowest BCUT2D eigenvalue weighted by molar-refractivity contribution is 0.978. The van der Waals surface area contributed by atoms with Gasteiger partial charge in [0.05, 0.1) is 0 Å². The van der Waals surface area contributed by atoms with E-state index in [2.05, 4.69) is 4.98 Å². The van der Waals surface area contributed by atoms with Crippen molar-refractivity contribution < 1.29 is 0 Å². The van der Waals surface area contributed by atoms with Gasteiger partial charge in [-0.15, -0.1) is 0 Å². The molecule has 0 radical (unpaired) electrons. The van der Waals surface area contributed by atoms with Gasteiger partial charge < -0.3 is 0 Å². The van der Waals surface area contributed by atoms with Crippen molar-refractivity contribution >= 4 is 29.0 Å². The van der Waals surface area contributed by atoms with Crippen LogP contribution in [-0.4, -0.2) is 12.0 Å². The van der Waals surface area contributed by atoms with Gasteiger partial charge in [0.1, 0.15) is 11.0 Å². The summed E-state index contributed by atoms with van der Waals surface area (Å²) in [5, 5.41) is 2.21. The molecule has 1 rings (SSSR count). The standard InChI is InChI=1S/C6H7Cl2N3/c1-11(9)6-3-4(7)2-5(8)10-6/h2-3H,9H2,1H3. The molecule has 1 heterocycles. The van der Waals surface area contributed by atoms with Crippen LogP contribution in [0.2, 0.25) is 10.2 Å². The lowest BCUT2D eigenvalue weighted by atomic mass is 10.4. The van der Waals surface area contributed by atoms with E-state index < -0.39 is 0 Å². The quantitative estimate of drug-likeness (QED) is 0.418. The Hall–Kier alpha value is -0.510. The highest BCUT2D eigenvalue weighted by Crippen LogP contribution is 2.19. The number of nitrogens with zero attached hydrogens (tertiary/aromatic N) is 2. The molecule has 0 aliphatic carbocycles. The molecule has 0 bridgehead atoms. The second-order valence-electron chi connectivity index (χ2n) is 2.08. The van der Waals surface area contributed by atoms with Gasteiger partial charge in [-0.25, -0.2) is 10.8 Å². The van der Waals surface area contributed by atoms with E-state index in [-0.39, 0.29) is 0 Å². The topological polar surface area (TPSA) is 42.1 Å². The molecule has 11 heavy (non-hydrogen) atoms. The summed E-state index contributed by atoms with van der Waals surface area (Å²) < 4.78 is 0. The zero-order chi connectivity index (χ0) is 8.43. The predicted octanol–water partition coefficient (Wildman–Crippen LogP) is 1.70. The highest BCUT2D eigenvalue weighted by Gasteiger charge is 2.00. The lowest BCUT2D eigenvalue weighted by Gasteiger charge is -2.10. The van der Waals surface area contributed by atoms with Crippen molar-refractivity contribution in [1.82, 2.24) is 4.98 Å². The first-order valence-electron chi connectivity index (χ1n) is 2.91. The number of hydrazine groups is 1. The summed E-state index contributed by atoms with van der Waals surface area (Å²) in [6.45, 7) is 0. The molecular weight excluding hydrogens is 185 g/mol. The van der Waals surface area contributed by atoms with E-state index in [1.165, 1.54) is 5.01 Å². The van der Waals surface area contributed by atoms with Gasteiger partial charge in [-0.05, 0) is 6.07 Å². The van der Waals surface area contributed by atoms with Crippen molar-refractivity contribution in [2.24, 2.45) is 5.84 Å². The Morgan fingerprint density at radius 3 is 2.55 bits per heavy atom. The molecule has 0 atom stereocenters. The average molecular weight is 192 g/mol. The monoisotopic (exact) mass is 191 g/mol. The summed E-state index contributed by atoms with van der Waals surface area (Å²) >= 11 is 11.3. The molecule has 5 heteroatoms. The maximum Gasteiger partial charge on any atom is 0.145 e. The summed E-state index contributed by atoms with van der Waals surface area (Å²) in [4.78, 5) is 3.92. The van der Waals surface area contributed by atoms with Crippen molar-refractivity contribution in [3.63, 3.8) is 0 Å². The van der Waals surface area contributed by atoms with Gasteiger partial charge in [-0.1, -0.05) is 23.2 Å². The normalized spacial score (nSPS) is 9.82. The maximum absolute atomic E-state index is 5.69. The van der Waals surface area contributed by atoms with Gasteiger partial charge in [0.15, 0.2) is 0 Å². The Balaban J connectivity index is 3.08. The number of rotatable bonds is 1. The molecule has 0 aliphatic rings. The molecular formula is C6H7Cl2N3. The highest BCUT2D eigenvalue weighted by molar-refractivity contribution is 6.34. The summed E-state index contributed by atoms with van der Waals surface area (Å²) in [6, 6.07) is 3.18. The van der Waals surface area contributed by atoms with Gasteiger partial charge >= 0.3 is 0 Å². The number of nitrogens with two attached hydrogens (primary N) is 1. The van der Waals surface area contributed by atoms with E-state index in [9.17, 15) is 0 Å². The Morgan fingerprint density at radius 1 is 1.45 bits per heavy atom. The predicted molar refractivity (Wildman–Crippen MR) is 46.8 cm³/mol. The molecule has 60 valence electrons. The molecule has 1 aromatic rings. The van der Waals surface area contributed by atoms with Crippen LogP contribution < -0.4 is 10.9 Å². The van der Waals surface area contributed by atoms with E-state index in [4.69, 9.17) is 29.0 Å². The van der Waals surface area contributed by atoms with Gasteiger partial charge in [0, 0.05) is 18.1 Å². The van der Waals surface area contributed by atoms with Crippen LogP contribution in [0.15, 0.2) is 12.1 Å². The zero-order valence-electron chi connectivity index (χ0n) is 5.88. The second-order valence-corrected chi connectivity index (χ2v) is 2.90. The fourth-order valence-corrected chi connectivity index (χ4v) is 1.09. The molecule has 0 saturated heterocycles. The van der Waals surface area contributed by atoms with Crippen LogP contribution in [0, 0.1) is 0 Å². The number of hydrogen-bond acceptors (Lipinski definition) is 3. The van der Waals surface area contributed by atoms with Gasteiger partial charge in [0.25, 0.3) is 0 Å². The summed E-state index contributed by atoms with van der Waals surface area (Å²) in [5.74, 6) is 5.95. The first-order chi connectivity index (χ1) is 5.09. The van der Waals surface area contributed by atoms with E-state index in [0.29, 0.717) is 16.0 Å². The number of anilines is 1. The van der Waals surface area contributed by atoms with Crippen molar-refractivity contribution in [2.75, 3.05) is 12.1 Å². The second kappa shape index (κ2) is 3.26. The largest absolute Gasteiger partial charge is 0.298 e. The van der Waals surface area contributed by atoms with Crippen LogP contribution in [-0.2, 0) is 0 Å². The van der Waals surface area contributed by atoms with Crippen molar-refractivity contribution in [1.29, 1.82) is 0 Å². The Morgan fingerprint density at radius 2 is 2.09 bits per heavy atom. The number of aromatic nitrogens is 1. The molecule has 0 unspecified atom stereocenters. The SMILES string of the molecule is CN(N)c1cc(Cl)cc(Cl)n1. The van der Waals surface area contributed by atoms with Gasteiger partial charge in [0.2, 0.25) is 0 Å². The minimum absolute atomic E-state index is 0.338. The third-order valence-corrected chi connectivity index (χ3v) is 1.52. The highest BCUT2D eigenvalue weighted by atomic mass is 35.5. The smallest absolute Gasteiger partial charge is 0.145 e. The van der Waals surface area contributed by atoms with E-state index >= 15 is 0 Å². The summed E-state index contributed by atoms with van der Waals surface area (Å²) in [6.07, 6.45) is 0. The fraction of sp³-hybridized carbons (Fsp3) is 0.167. The average Bonchev–Trinajstić information content (AvgIpc) is 1.85. The van der Waals surface area contributed by atoms with Crippen LogP contribution in [0.1, 0.15) is 0 Å². The lowest BCUT2D eigenvalue weighted by Crippen LogP contribution is -2.25. The van der Waals surface area contributed by atoms with Crippen LogP contribution in [0.5, 0.6) is 0 Å². The molecule has 0 saturated carbocycles. The molecule has 0 aromatic carbocycles. The number of pyridine rings is 1. The molecule has 0 spiro atoms. The van der Waals surface area contributed by atoms with E-state index in [0.717, 1.165) is 0 Å². The van der Waals surface area contributed by atoms with Gasteiger partial charge in [-0.2, -0.15) is 0 Å². The maximum atomic E-state index is 5.69. The zero-order valence-corrected chi connectivity index (χ0v) is 7.39. The van der Waals surface area contributed by atoms with E-state index in [1.807, 2.05) is 0 Å². The summed E-state index contributed by atoms with van der Waals surface area (Å²) in [7, 11) is 1.66. The number of halogens is 2. The van der Waals surface area contributed by atoms with Crippen molar-refractivity contribution in [3.05, 3.63) is 22.3 Å². The molecule has 0 fully saturated rings. The van der Waals surface area contributed by atoms with Crippen LogP contribution in [0.4, 0.5) is 5.82 Å². The Bertz CT molecular complexity index is 242. The van der Waals surface area contributed by atoms with Crippen LogP contribution in [0.3, 0.4) is 0 Å². The van der Waals surface area contributed by atoms with Crippen molar-refractivity contribution in [2.45, 2.75) is 0 Å². The number of hydrogen-bond donors (Lipinski definition) is 1. The first-order valence-corrected chi connectivity index (χ1v) is 3.66. The third kappa shape index (κ3) is 2.22. The van der Waals surface area contributed by atoms with Crippen molar-refractivity contribution in [3.8, 4) is 0 Å². The first kappa shape index (κ1) is 8.59. The molecule has 0 aliphatic heterocycles. The third-order valence-electron chi connectivity index (χ3n) is 1.11. The molecule has 3 nitrogen and oxygen atoms in total. The van der Waals surface area contributed by atoms with E-state index in [1.54, 1.807) is 19.2 Å².